The van der Waals surface area contributed by atoms with Gasteiger partial charge in [0.15, 0.2) is 11.2 Å². The molecule has 24 heavy (non-hydrogen) atoms. The van der Waals surface area contributed by atoms with Crippen LogP contribution in [0.2, 0.25) is 0 Å². The van der Waals surface area contributed by atoms with Gasteiger partial charge in [0.25, 0.3) is 5.91 Å². The van der Waals surface area contributed by atoms with E-state index in [1.165, 1.54) is 17.4 Å². The van der Waals surface area contributed by atoms with Gasteiger partial charge in [0.2, 0.25) is 5.13 Å². The van der Waals surface area contributed by atoms with Gasteiger partial charge in [0.05, 0.1) is 5.39 Å². The van der Waals surface area contributed by atoms with E-state index < -0.39 is 5.91 Å². The molecule has 6 nitrogen and oxygen atoms in total. The molecule has 2 heterocycles. The largest absolute Gasteiger partial charge is 0.451 e. The van der Waals surface area contributed by atoms with E-state index in [9.17, 15) is 9.59 Å². The topological polar surface area (TPSA) is 85.1 Å². The third-order valence-electron chi connectivity index (χ3n) is 3.72. The molecule has 0 unspecified atom stereocenters. The predicted molar refractivity (Wildman–Crippen MR) is 93.9 cm³/mol. The average molecular weight is 343 g/mol. The van der Waals surface area contributed by atoms with Crippen molar-refractivity contribution in [3.63, 3.8) is 0 Å². The molecule has 2 aromatic heterocycles. The molecule has 7 heteroatoms. The van der Waals surface area contributed by atoms with E-state index in [-0.39, 0.29) is 17.1 Å². The Balaban J connectivity index is 1.94. The fourth-order valence-corrected chi connectivity index (χ4v) is 2.94. The van der Waals surface area contributed by atoms with E-state index in [0.29, 0.717) is 16.1 Å². The van der Waals surface area contributed by atoms with Gasteiger partial charge in [0, 0.05) is 12.0 Å². The van der Waals surface area contributed by atoms with E-state index in [2.05, 4.69) is 15.5 Å². The first-order valence-corrected chi connectivity index (χ1v) is 8.36. The summed E-state index contributed by atoms with van der Waals surface area (Å²) in [6.45, 7) is 7.85. The summed E-state index contributed by atoms with van der Waals surface area (Å²) in [5.41, 5.74) is 2.15. The molecule has 0 bridgehead atoms. The third kappa shape index (κ3) is 3.07. The molecule has 3 rings (SSSR count). The Morgan fingerprint density at radius 1 is 1.17 bits per heavy atom. The number of carbonyl (C=O) groups excluding carboxylic acids is 1. The maximum Gasteiger partial charge on any atom is 0.293 e. The van der Waals surface area contributed by atoms with Crippen LogP contribution in [0.25, 0.3) is 11.0 Å². The van der Waals surface area contributed by atoms with Crippen LogP contribution in [-0.2, 0) is 0 Å². The lowest BCUT2D eigenvalue weighted by Gasteiger charge is -2.05. The van der Waals surface area contributed by atoms with Crippen molar-refractivity contribution < 1.29 is 9.21 Å². The lowest BCUT2D eigenvalue weighted by molar-refractivity contribution is 0.0997. The van der Waals surface area contributed by atoms with Gasteiger partial charge >= 0.3 is 0 Å². The number of hydrogen-bond acceptors (Lipinski definition) is 6. The third-order valence-corrected chi connectivity index (χ3v) is 4.86. The van der Waals surface area contributed by atoms with Gasteiger partial charge in [-0.3, -0.25) is 14.9 Å². The molecule has 0 aliphatic rings. The summed E-state index contributed by atoms with van der Waals surface area (Å²) in [6.07, 6.45) is 0. The summed E-state index contributed by atoms with van der Waals surface area (Å²) in [6, 6.07) is 4.75. The van der Waals surface area contributed by atoms with Gasteiger partial charge in [-0.25, -0.2) is 0 Å². The first-order chi connectivity index (χ1) is 11.3. The molecule has 0 aliphatic heterocycles. The summed E-state index contributed by atoms with van der Waals surface area (Å²) in [4.78, 5) is 24.6. The van der Waals surface area contributed by atoms with Crippen molar-refractivity contribution >= 4 is 33.3 Å². The second-order valence-electron chi connectivity index (χ2n) is 5.96. The van der Waals surface area contributed by atoms with Gasteiger partial charge in [-0.2, -0.15) is 0 Å². The fraction of sp³-hybridized carbons (Fsp3) is 0.294. The zero-order valence-electron chi connectivity index (χ0n) is 13.8. The zero-order chi connectivity index (χ0) is 17.4. The summed E-state index contributed by atoms with van der Waals surface area (Å²) in [7, 11) is 0. The Kier molecular flexibility index (Phi) is 4.19. The van der Waals surface area contributed by atoms with Gasteiger partial charge in [0.1, 0.15) is 10.6 Å². The zero-order valence-corrected chi connectivity index (χ0v) is 14.7. The number of aromatic nitrogens is 2. The summed E-state index contributed by atoms with van der Waals surface area (Å²) in [5, 5.41) is 12.2. The number of rotatable bonds is 3. The molecular formula is C17H17N3O3S. The van der Waals surface area contributed by atoms with E-state index in [1.807, 2.05) is 27.7 Å². The fourth-order valence-electron chi connectivity index (χ4n) is 2.20. The normalized spacial score (nSPS) is 11.2. The quantitative estimate of drug-likeness (QED) is 0.785. The molecule has 0 spiro atoms. The van der Waals surface area contributed by atoms with Crippen LogP contribution in [0.4, 0.5) is 5.13 Å². The molecular weight excluding hydrogens is 326 g/mol. The minimum absolute atomic E-state index is 0.0444. The van der Waals surface area contributed by atoms with Crippen molar-refractivity contribution in [3.05, 3.63) is 50.3 Å². The number of carbonyl (C=O) groups is 1. The summed E-state index contributed by atoms with van der Waals surface area (Å²) >= 11 is 1.30. The predicted octanol–water partition coefficient (Wildman–Crippen LogP) is 3.64. The number of aryl methyl sites for hydroxylation is 2. The van der Waals surface area contributed by atoms with Crippen LogP contribution in [0.3, 0.4) is 0 Å². The molecule has 0 saturated heterocycles. The van der Waals surface area contributed by atoms with Crippen LogP contribution >= 0.6 is 11.3 Å². The number of anilines is 1. The van der Waals surface area contributed by atoms with Gasteiger partial charge in [-0.1, -0.05) is 25.2 Å². The molecule has 0 atom stereocenters. The molecule has 0 fully saturated rings. The Bertz CT molecular complexity index is 988. The molecule has 1 amide bonds. The highest BCUT2D eigenvalue weighted by Gasteiger charge is 2.16. The molecule has 1 N–H and O–H groups in total. The monoisotopic (exact) mass is 343 g/mol. The van der Waals surface area contributed by atoms with Crippen LogP contribution in [0.15, 0.2) is 27.4 Å². The lowest BCUT2D eigenvalue weighted by Crippen LogP contribution is -2.15. The maximum atomic E-state index is 12.3. The van der Waals surface area contributed by atoms with Crippen LogP contribution in [0, 0.1) is 13.8 Å². The Morgan fingerprint density at radius 2 is 1.88 bits per heavy atom. The van der Waals surface area contributed by atoms with Gasteiger partial charge in [-0.15, -0.1) is 10.2 Å². The number of fused-ring (bicyclic) bond motifs is 1. The van der Waals surface area contributed by atoms with Crippen molar-refractivity contribution in [1.82, 2.24) is 10.2 Å². The second kappa shape index (κ2) is 6.16. The number of nitrogens with zero attached hydrogens (tertiary/aromatic N) is 2. The minimum Gasteiger partial charge on any atom is -0.451 e. The van der Waals surface area contributed by atoms with Crippen molar-refractivity contribution in [1.29, 1.82) is 0 Å². The summed E-state index contributed by atoms with van der Waals surface area (Å²) < 4.78 is 5.61. The molecule has 1 aromatic carbocycles. The number of benzene rings is 1. The molecule has 124 valence electrons. The Hall–Kier alpha value is -2.54. The smallest absolute Gasteiger partial charge is 0.293 e. The first-order valence-electron chi connectivity index (χ1n) is 7.55. The van der Waals surface area contributed by atoms with E-state index >= 15 is 0 Å². The Labute approximate surface area is 142 Å². The number of nitrogens with one attached hydrogen (secondary N) is 1. The minimum atomic E-state index is -0.515. The van der Waals surface area contributed by atoms with Crippen molar-refractivity contribution in [3.8, 4) is 0 Å². The van der Waals surface area contributed by atoms with Crippen molar-refractivity contribution in [2.45, 2.75) is 33.6 Å². The highest BCUT2D eigenvalue weighted by molar-refractivity contribution is 7.15. The lowest BCUT2D eigenvalue weighted by atomic mass is 10.1. The Morgan fingerprint density at radius 3 is 2.54 bits per heavy atom. The second-order valence-corrected chi connectivity index (χ2v) is 6.97. The van der Waals surface area contributed by atoms with E-state index in [4.69, 9.17) is 4.42 Å². The first kappa shape index (κ1) is 16.3. The van der Waals surface area contributed by atoms with Crippen molar-refractivity contribution in [2.24, 2.45) is 0 Å². The van der Waals surface area contributed by atoms with E-state index in [1.54, 1.807) is 12.1 Å². The van der Waals surface area contributed by atoms with Crippen LogP contribution in [0.1, 0.15) is 46.5 Å². The standard InChI is InChI=1S/C17H17N3O3S/c1-8(2)16-19-20-17(24-16)18-15(22)14-7-12(21)11-5-9(3)10(4)6-13(11)23-14/h5-8H,1-4H3,(H,18,20,22). The summed E-state index contributed by atoms with van der Waals surface area (Å²) in [5.74, 6) is -0.325. The highest BCUT2D eigenvalue weighted by atomic mass is 32.1. The number of amides is 1. The molecule has 0 radical (unpaired) electrons. The van der Waals surface area contributed by atoms with Crippen LogP contribution < -0.4 is 10.7 Å². The van der Waals surface area contributed by atoms with Crippen LogP contribution in [0.5, 0.6) is 0 Å². The SMILES string of the molecule is Cc1cc2oc(C(=O)Nc3nnc(C(C)C)s3)cc(=O)c2cc1C. The number of hydrogen-bond donors (Lipinski definition) is 1. The van der Waals surface area contributed by atoms with Gasteiger partial charge < -0.3 is 4.42 Å². The molecule has 0 saturated carbocycles. The van der Waals surface area contributed by atoms with Crippen LogP contribution in [-0.4, -0.2) is 16.1 Å². The van der Waals surface area contributed by atoms with Crippen molar-refractivity contribution in [2.75, 3.05) is 5.32 Å². The maximum absolute atomic E-state index is 12.3. The van der Waals surface area contributed by atoms with E-state index in [0.717, 1.165) is 16.1 Å². The average Bonchev–Trinajstić information content (AvgIpc) is 2.98. The highest BCUT2D eigenvalue weighted by Crippen LogP contribution is 2.23. The van der Waals surface area contributed by atoms with Gasteiger partial charge in [-0.05, 0) is 37.1 Å². The molecule has 3 aromatic rings. The molecule has 0 aliphatic carbocycles.